The first kappa shape index (κ1) is 17.8. The number of nitrogens with one attached hydrogen (secondary N) is 2. The van der Waals surface area contributed by atoms with Crippen LogP contribution in [0, 0.1) is 5.92 Å². The van der Waals surface area contributed by atoms with Crippen molar-refractivity contribution in [1.29, 1.82) is 0 Å². The minimum Gasteiger partial charge on any atom is -0.481 e. The first-order valence-electron chi connectivity index (χ1n) is 7.93. The number of carbonyl (C=O) groups is 2. The van der Waals surface area contributed by atoms with Gasteiger partial charge in [-0.1, -0.05) is 19.8 Å². The molecule has 1 atom stereocenters. The van der Waals surface area contributed by atoms with Gasteiger partial charge in [-0.05, 0) is 31.6 Å². The number of hydrogen-bond acceptors (Lipinski definition) is 3. The van der Waals surface area contributed by atoms with Crippen LogP contribution >= 0.6 is 0 Å². The zero-order valence-corrected chi connectivity index (χ0v) is 12.9. The van der Waals surface area contributed by atoms with Gasteiger partial charge in [-0.25, -0.2) is 4.79 Å². The largest absolute Gasteiger partial charge is 0.481 e. The Bertz CT molecular complexity index is 317. The number of aliphatic carboxylic acids is 1. The Morgan fingerprint density at radius 1 is 1.19 bits per heavy atom. The minimum absolute atomic E-state index is 0.185. The van der Waals surface area contributed by atoms with E-state index >= 15 is 0 Å². The fraction of sp³-hybridized carbons (Fsp3) is 0.867. The van der Waals surface area contributed by atoms with Crippen LogP contribution in [0.25, 0.3) is 0 Å². The molecule has 0 aromatic rings. The Labute approximate surface area is 126 Å². The molecule has 0 bridgehead atoms. The molecular weight excluding hydrogens is 272 g/mol. The van der Waals surface area contributed by atoms with Gasteiger partial charge in [-0.3, -0.25) is 4.79 Å². The van der Waals surface area contributed by atoms with Crippen LogP contribution in [0.2, 0.25) is 0 Å². The number of ether oxygens (including phenoxy) is 1. The minimum atomic E-state index is -0.769. The average molecular weight is 300 g/mol. The number of urea groups is 1. The highest BCUT2D eigenvalue weighted by atomic mass is 16.5. The van der Waals surface area contributed by atoms with Crippen molar-refractivity contribution in [3.05, 3.63) is 0 Å². The summed E-state index contributed by atoms with van der Waals surface area (Å²) in [5, 5.41) is 14.1. The lowest BCUT2D eigenvalue weighted by Crippen LogP contribution is -2.38. The van der Waals surface area contributed by atoms with E-state index in [1.807, 2.05) is 6.92 Å². The van der Waals surface area contributed by atoms with E-state index in [1.165, 1.54) is 12.8 Å². The van der Waals surface area contributed by atoms with E-state index in [2.05, 4.69) is 10.6 Å². The van der Waals surface area contributed by atoms with Crippen LogP contribution in [0.5, 0.6) is 0 Å². The quantitative estimate of drug-likeness (QED) is 0.539. The Morgan fingerprint density at radius 3 is 2.52 bits per heavy atom. The molecule has 1 fully saturated rings. The van der Waals surface area contributed by atoms with Gasteiger partial charge in [0, 0.05) is 19.5 Å². The van der Waals surface area contributed by atoms with Crippen LogP contribution in [0.15, 0.2) is 0 Å². The Balaban J connectivity index is 1.92. The molecule has 0 aliphatic heterocycles. The summed E-state index contributed by atoms with van der Waals surface area (Å²) in [6.45, 7) is 3.65. The Morgan fingerprint density at radius 2 is 1.86 bits per heavy atom. The molecule has 0 heterocycles. The van der Waals surface area contributed by atoms with Crippen LogP contribution in [0.4, 0.5) is 4.79 Å². The van der Waals surface area contributed by atoms with Gasteiger partial charge in [-0.15, -0.1) is 0 Å². The number of hydrogen-bond donors (Lipinski definition) is 3. The van der Waals surface area contributed by atoms with Gasteiger partial charge >= 0.3 is 12.0 Å². The van der Waals surface area contributed by atoms with Gasteiger partial charge < -0.3 is 20.5 Å². The summed E-state index contributed by atoms with van der Waals surface area (Å²) in [5.74, 6) is -0.470. The van der Waals surface area contributed by atoms with Gasteiger partial charge in [-0.2, -0.15) is 0 Å². The van der Waals surface area contributed by atoms with Crippen molar-refractivity contribution in [3.8, 4) is 0 Å². The first-order chi connectivity index (χ1) is 10.1. The Kier molecular flexibility index (Phi) is 8.82. The standard InChI is InChI=1S/C15H28N2O4/c1-12(6-7-14(18)19)8-9-16-15(20)17-10-11-21-13-4-2-3-5-13/h12-13H,2-11H2,1H3,(H,18,19)(H2,16,17,20). The smallest absolute Gasteiger partial charge is 0.314 e. The Hall–Kier alpha value is -1.30. The number of carbonyl (C=O) groups excluding carboxylic acids is 1. The van der Waals surface area contributed by atoms with Crippen molar-refractivity contribution >= 4 is 12.0 Å². The molecule has 21 heavy (non-hydrogen) atoms. The summed E-state index contributed by atoms with van der Waals surface area (Å²) in [5.41, 5.74) is 0. The molecule has 122 valence electrons. The summed E-state index contributed by atoms with van der Waals surface area (Å²) in [6, 6.07) is -0.185. The number of carboxylic acid groups (broad SMARTS) is 1. The predicted octanol–water partition coefficient (Wildman–Crippen LogP) is 2.14. The zero-order valence-electron chi connectivity index (χ0n) is 12.9. The summed E-state index contributed by atoms with van der Waals surface area (Å²) < 4.78 is 5.65. The van der Waals surface area contributed by atoms with E-state index in [0.29, 0.717) is 38.1 Å². The molecule has 0 spiro atoms. The van der Waals surface area contributed by atoms with Crippen LogP contribution in [-0.2, 0) is 9.53 Å². The van der Waals surface area contributed by atoms with Crippen molar-refractivity contribution in [3.63, 3.8) is 0 Å². The molecule has 3 N–H and O–H groups in total. The first-order valence-corrected chi connectivity index (χ1v) is 7.93. The molecule has 1 unspecified atom stereocenters. The second-order valence-corrected chi connectivity index (χ2v) is 5.79. The van der Waals surface area contributed by atoms with Crippen molar-refractivity contribution in [2.24, 2.45) is 5.92 Å². The molecule has 0 saturated heterocycles. The monoisotopic (exact) mass is 300 g/mol. The second kappa shape index (κ2) is 10.4. The van der Waals surface area contributed by atoms with E-state index in [1.54, 1.807) is 0 Å². The second-order valence-electron chi connectivity index (χ2n) is 5.79. The third kappa shape index (κ3) is 9.28. The van der Waals surface area contributed by atoms with Crippen LogP contribution < -0.4 is 10.6 Å². The van der Waals surface area contributed by atoms with Gasteiger partial charge in [0.2, 0.25) is 0 Å². The molecule has 1 rings (SSSR count). The number of rotatable bonds is 10. The van der Waals surface area contributed by atoms with Gasteiger partial charge in [0.25, 0.3) is 0 Å². The maximum absolute atomic E-state index is 11.5. The molecule has 6 nitrogen and oxygen atoms in total. The third-order valence-corrected chi connectivity index (χ3v) is 3.82. The summed E-state index contributed by atoms with van der Waals surface area (Å²) in [4.78, 5) is 22.0. The molecule has 0 aromatic carbocycles. The topological polar surface area (TPSA) is 87.7 Å². The summed E-state index contributed by atoms with van der Waals surface area (Å²) in [6.07, 6.45) is 6.78. The molecule has 6 heteroatoms. The highest BCUT2D eigenvalue weighted by Gasteiger charge is 2.14. The third-order valence-electron chi connectivity index (χ3n) is 3.82. The molecule has 0 radical (unpaired) electrons. The van der Waals surface area contributed by atoms with E-state index < -0.39 is 5.97 Å². The molecular formula is C15H28N2O4. The summed E-state index contributed by atoms with van der Waals surface area (Å²) in [7, 11) is 0. The molecule has 0 aromatic heterocycles. The van der Waals surface area contributed by atoms with Crippen molar-refractivity contribution < 1.29 is 19.4 Å². The fourth-order valence-corrected chi connectivity index (χ4v) is 2.45. The maximum Gasteiger partial charge on any atom is 0.314 e. The number of amides is 2. The fourth-order valence-electron chi connectivity index (χ4n) is 2.45. The zero-order chi connectivity index (χ0) is 15.5. The van der Waals surface area contributed by atoms with Crippen LogP contribution in [0.1, 0.15) is 51.9 Å². The van der Waals surface area contributed by atoms with Gasteiger partial charge in [0.1, 0.15) is 0 Å². The van der Waals surface area contributed by atoms with Crippen molar-refractivity contribution in [2.75, 3.05) is 19.7 Å². The highest BCUT2D eigenvalue weighted by molar-refractivity contribution is 5.73. The lowest BCUT2D eigenvalue weighted by atomic mass is 10.0. The lowest BCUT2D eigenvalue weighted by Gasteiger charge is -2.13. The molecule has 1 saturated carbocycles. The molecule has 1 aliphatic rings. The molecule has 2 amide bonds. The maximum atomic E-state index is 11.5. The van der Waals surface area contributed by atoms with Crippen molar-refractivity contribution in [2.45, 2.75) is 58.0 Å². The van der Waals surface area contributed by atoms with E-state index in [-0.39, 0.29) is 12.5 Å². The normalized spacial score (nSPS) is 16.6. The van der Waals surface area contributed by atoms with E-state index in [4.69, 9.17) is 9.84 Å². The predicted molar refractivity (Wildman–Crippen MR) is 80.3 cm³/mol. The summed E-state index contributed by atoms with van der Waals surface area (Å²) >= 11 is 0. The van der Waals surface area contributed by atoms with Gasteiger partial charge in [0.15, 0.2) is 0 Å². The lowest BCUT2D eigenvalue weighted by molar-refractivity contribution is -0.137. The van der Waals surface area contributed by atoms with E-state index in [9.17, 15) is 9.59 Å². The molecule has 1 aliphatic carbocycles. The van der Waals surface area contributed by atoms with E-state index in [0.717, 1.165) is 19.3 Å². The van der Waals surface area contributed by atoms with Gasteiger partial charge in [0.05, 0.1) is 12.7 Å². The highest BCUT2D eigenvalue weighted by Crippen LogP contribution is 2.20. The number of carboxylic acids is 1. The average Bonchev–Trinajstić information content (AvgIpc) is 2.94. The SMILES string of the molecule is CC(CCNC(=O)NCCOC1CCCC1)CCC(=O)O. The van der Waals surface area contributed by atoms with Crippen LogP contribution in [0.3, 0.4) is 0 Å². The van der Waals surface area contributed by atoms with Crippen molar-refractivity contribution in [1.82, 2.24) is 10.6 Å². The van der Waals surface area contributed by atoms with Crippen LogP contribution in [-0.4, -0.2) is 42.9 Å².